The first-order valence-corrected chi connectivity index (χ1v) is 6.77. The molecule has 0 saturated heterocycles. The molecule has 4 heteroatoms. The fourth-order valence-electron chi connectivity index (χ4n) is 2.90. The van der Waals surface area contributed by atoms with Crippen molar-refractivity contribution in [1.29, 1.82) is 0 Å². The largest absolute Gasteiger partial charge is 0.497 e. The van der Waals surface area contributed by atoms with E-state index in [9.17, 15) is 0 Å². The predicted octanol–water partition coefficient (Wildman–Crippen LogP) is 3.19. The highest BCUT2D eigenvalue weighted by Crippen LogP contribution is 2.36. The smallest absolute Gasteiger partial charge is 0.119 e. The average molecular weight is 257 g/mol. The number of benzene rings is 1. The second-order valence-corrected chi connectivity index (χ2v) is 5.10. The van der Waals surface area contributed by atoms with Crippen molar-refractivity contribution >= 4 is 16.6 Å². The van der Waals surface area contributed by atoms with Crippen LogP contribution in [0, 0.1) is 0 Å². The van der Waals surface area contributed by atoms with Crippen LogP contribution < -0.4 is 16.0 Å². The molecule has 19 heavy (non-hydrogen) atoms. The quantitative estimate of drug-likeness (QED) is 0.655. The molecule has 0 amide bonds. The fraction of sp³-hybridized carbons (Fsp3) is 0.400. The van der Waals surface area contributed by atoms with Gasteiger partial charge in [0.1, 0.15) is 5.75 Å². The van der Waals surface area contributed by atoms with Crippen LogP contribution in [0.25, 0.3) is 10.9 Å². The summed E-state index contributed by atoms with van der Waals surface area (Å²) in [6.45, 7) is 0. The van der Waals surface area contributed by atoms with Gasteiger partial charge in [0.25, 0.3) is 0 Å². The molecule has 0 bridgehead atoms. The highest BCUT2D eigenvalue weighted by Gasteiger charge is 2.19. The third kappa shape index (κ3) is 2.24. The molecule has 1 aromatic heterocycles. The van der Waals surface area contributed by atoms with Crippen LogP contribution in [0.2, 0.25) is 0 Å². The average Bonchev–Trinajstić information content (AvgIpc) is 2.99. The van der Waals surface area contributed by atoms with Gasteiger partial charge < -0.3 is 10.2 Å². The Labute approximate surface area is 112 Å². The van der Waals surface area contributed by atoms with E-state index in [4.69, 9.17) is 15.6 Å². The molecule has 0 unspecified atom stereocenters. The van der Waals surface area contributed by atoms with E-state index in [1.807, 2.05) is 18.2 Å². The van der Waals surface area contributed by atoms with E-state index in [0.29, 0.717) is 5.92 Å². The first-order valence-electron chi connectivity index (χ1n) is 6.77. The maximum atomic E-state index is 5.66. The van der Waals surface area contributed by atoms with Crippen LogP contribution in [0.1, 0.15) is 37.3 Å². The highest BCUT2D eigenvalue weighted by molar-refractivity contribution is 5.92. The minimum Gasteiger partial charge on any atom is -0.497 e. The monoisotopic (exact) mass is 257 g/mol. The molecule has 1 heterocycles. The number of hydrazine groups is 1. The van der Waals surface area contributed by atoms with Gasteiger partial charge in [-0.15, -0.1) is 0 Å². The Morgan fingerprint density at radius 2 is 2.05 bits per heavy atom. The summed E-state index contributed by atoms with van der Waals surface area (Å²) in [6, 6.07) is 7.98. The van der Waals surface area contributed by atoms with Crippen molar-refractivity contribution in [3.05, 3.63) is 30.0 Å². The summed E-state index contributed by atoms with van der Waals surface area (Å²) in [6.07, 6.45) is 5.08. The van der Waals surface area contributed by atoms with Crippen LogP contribution in [-0.4, -0.2) is 12.1 Å². The summed E-state index contributed by atoms with van der Waals surface area (Å²) < 4.78 is 5.26. The Bertz CT molecular complexity index is 591. The molecule has 0 atom stereocenters. The summed E-state index contributed by atoms with van der Waals surface area (Å²) >= 11 is 0. The Hall–Kier alpha value is -1.81. The first-order chi connectivity index (χ1) is 9.31. The molecule has 100 valence electrons. The number of ether oxygens (including phenoxy) is 1. The molecule has 0 aliphatic heterocycles. The van der Waals surface area contributed by atoms with Gasteiger partial charge in [-0.2, -0.15) is 0 Å². The maximum absolute atomic E-state index is 5.66. The number of rotatable bonds is 3. The van der Waals surface area contributed by atoms with E-state index in [-0.39, 0.29) is 0 Å². The SMILES string of the molecule is COc1ccc2nc(C3CCCC3)cc(NN)c2c1. The summed E-state index contributed by atoms with van der Waals surface area (Å²) in [5.41, 5.74) is 5.84. The number of nitrogens with zero attached hydrogens (tertiary/aromatic N) is 1. The second-order valence-electron chi connectivity index (χ2n) is 5.10. The number of nitrogen functional groups attached to an aromatic ring is 1. The van der Waals surface area contributed by atoms with Gasteiger partial charge in [-0.05, 0) is 37.1 Å². The molecular formula is C15H19N3O. The van der Waals surface area contributed by atoms with Crippen molar-refractivity contribution in [1.82, 2.24) is 4.98 Å². The second kappa shape index (κ2) is 5.05. The summed E-state index contributed by atoms with van der Waals surface area (Å²) in [5.74, 6) is 7.06. The molecule has 1 aliphatic rings. The maximum Gasteiger partial charge on any atom is 0.119 e. The standard InChI is InChI=1S/C15H19N3O/c1-19-11-6-7-13-12(8-11)15(18-16)9-14(17-13)10-4-2-3-5-10/h6-10H,2-5,16H2,1H3,(H,17,18). The predicted molar refractivity (Wildman–Crippen MR) is 77.3 cm³/mol. The Balaban J connectivity index is 2.12. The molecule has 1 aliphatic carbocycles. The van der Waals surface area contributed by atoms with Crippen LogP contribution in [0.15, 0.2) is 24.3 Å². The molecule has 2 aromatic rings. The number of aromatic nitrogens is 1. The molecule has 0 spiro atoms. The van der Waals surface area contributed by atoms with E-state index < -0.39 is 0 Å². The molecule has 3 N–H and O–H groups in total. The number of fused-ring (bicyclic) bond motifs is 1. The number of hydrogen-bond acceptors (Lipinski definition) is 4. The summed E-state index contributed by atoms with van der Waals surface area (Å²) in [7, 11) is 1.66. The van der Waals surface area contributed by atoms with Gasteiger partial charge in [-0.25, -0.2) is 0 Å². The Morgan fingerprint density at radius 1 is 1.26 bits per heavy atom. The van der Waals surface area contributed by atoms with E-state index in [0.717, 1.165) is 28.0 Å². The third-order valence-electron chi connectivity index (χ3n) is 3.96. The number of hydrogen-bond donors (Lipinski definition) is 2. The summed E-state index contributed by atoms with van der Waals surface area (Å²) in [4.78, 5) is 4.79. The molecule has 3 rings (SSSR count). The zero-order valence-electron chi connectivity index (χ0n) is 11.1. The minimum atomic E-state index is 0.582. The lowest BCUT2D eigenvalue weighted by Crippen LogP contribution is -2.09. The lowest BCUT2D eigenvalue weighted by molar-refractivity contribution is 0.415. The third-order valence-corrected chi connectivity index (χ3v) is 3.96. The van der Waals surface area contributed by atoms with Crippen LogP contribution in [0.5, 0.6) is 5.75 Å². The summed E-state index contributed by atoms with van der Waals surface area (Å²) in [5, 5.41) is 1.00. The zero-order chi connectivity index (χ0) is 13.2. The number of nitrogens with one attached hydrogen (secondary N) is 1. The number of methoxy groups -OCH3 is 1. The highest BCUT2D eigenvalue weighted by atomic mass is 16.5. The van der Waals surface area contributed by atoms with Gasteiger partial charge in [-0.1, -0.05) is 12.8 Å². The van der Waals surface area contributed by atoms with E-state index in [2.05, 4.69) is 11.5 Å². The van der Waals surface area contributed by atoms with Crippen LogP contribution in [0.4, 0.5) is 5.69 Å². The van der Waals surface area contributed by atoms with Crippen LogP contribution in [-0.2, 0) is 0 Å². The molecular weight excluding hydrogens is 238 g/mol. The van der Waals surface area contributed by atoms with Gasteiger partial charge in [0, 0.05) is 17.0 Å². The van der Waals surface area contributed by atoms with Crippen molar-refractivity contribution < 1.29 is 4.74 Å². The topological polar surface area (TPSA) is 60.2 Å². The van der Waals surface area contributed by atoms with Crippen molar-refractivity contribution in [2.24, 2.45) is 5.84 Å². The van der Waals surface area contributed by atoms with Gasteiger partial charge in [0.05, 0.1) is 18.3 Å². The van der Waals surface area contributed by atoms with E-state index in [1.165, 1.54) is 25.7 Å². The number of anilines is 1. The van der Waals surface area contributed by atoms with Crippen molar-refractivity contribution in [2.75, 3.05) is 12.5 Å². The molecule has 1 aromatic carbocycles. The molecule has 1 saturated carbocycles. The van der Waals surface area contributed by atoms with Gasteiger partial charge in [0.2, 0.25) is 0 Å². The first kappa shape index (κ1) is 12.2. The molecule has 0 radical (unpaired) electrons. The van der Waals surface area contributed by atoms with Crippen LogP contribution >= 0.6 is 0 Å². The molecule has 1 fully saturated rings. The lowest BCUT2D eigenvalue weighted by Gasteiger charge is -2.13. The fourth-order valence-corrected chi connectivity index (χ4v) is 2.90. The van der Waals surface area contributed by atoms with Crippen LogP contribution in [0.3, 0.4) is 0 Å². The van der Waals surface area contributed by atoms with Gasteiger partial charge in [0.15, 0.2) is 0 Å². The normalized spacial score (nSPS) is 15.9. The zero-order valence-corrected chi connectivity index (χ0v) is 11.1. The van der Waals surface area contributed by atoms with Gasteiger partial charge >= 0.3 is 0 Å². The van der Waals surface area contributed by atoms with Crippen molar-refractivity contribution in [3.63, 3.8) is 0 Å². The lowest BCUT2D eigenvalue weighted by atomic mass is 10.0. The van der Waals surface area contributed by atoms with E-state index >= 15 is 0 Å². The van der Waals surface area contributed by atoms with Crippen molar-refractivity contribution in [2.45, 2.75) is 31.6 Å². The number of nitrogens with two attached hydrogens (primary N) is 1. The Morgan fingerprint density at radius 3 is 2.74 bits per heavy atom. The van der Waals surface area contributed by atoms with Gasteiger partial charge in [-0.3, -0.25) is 10.8 Å². The Kier molecular flexibility index (Phi) is 3.25. The van der Waals surface area contributed by atoms with Crippen molar-refractivity contribution in [3.8, 4) is 5.75 Å². The minimum absolute atomic E-state index is 0.582. The number of pyridine rings is 1. The molecule has 4 nitrogen and oxygen atoms in total. The van der Waals surface area contributed by atoms with E-state index in [1.54, 1.807) is 7.11 Å².